The minimum atomic E-state index is -0.554. The Labute approximate surface area is 171 Å². The molecule has 0 spiro atoms. The van der Waals surface area contributed by atoms with Gasteiger partial charge in [-0.15, -0.1) is 0 Å². The zero-order valence-corrected chi connectivity index (χ0v) is 16.3. The molecule has 29 heavy (non-hydrogen) atoms. The number of hydrogen-bond donors (Lipinski definition) is 1. The number of rotatable bonds is 4. The summed E-state index contributed by atoms with van der Waals surface area (Å²) in [6.07, 6.45) is 4.10. The third kappa shape index (κ3) is 2.81. The standard InChI is InChI=1S/C26H24N2O/c29-24-18-10-17-23-25(24)27-19-28(23)26(20-11-4-1-5-12-20,21-13-6-2-7-14-21)22-15-8-3-9-16-22/h1-9,11-16,19,24,29H,10,17-18H2. The monoisotopic (exact) mass is 380 g/mol. The van der Waals surface area contributed by atoms with E-state index in [2.05, 4.69) is 95.6 Å². The molecule has 3 aromatic carbocycles. The first-order valence-electron chi connectivity index (χ1n) is 10.2. The second-order valence-electron chi connectivity index (χ2n) is 7.66. The molecule has 144 valence electrons. The van der Waals surface area contributed by atoms with E-state index in [-0.39, 0.29) is 0 Å². The molecule has 1 atom stereocenters. The molecule has 1 aliphatic carbocycles. The molecular formula is C26H24N2O. The zero-order valence-electron chi connectivity index (χ0n) is 16.3. The lowest BCUT2D eigenvalue weighted by atomic mass is 9.76. The highest BCUT2D eigenvalue weighted by atomic mass is 16.3. The highest BCUT2D eigenvalue weighted by Gasteiger charge is 2.41. The van der Waals surface area contributed by atoms with Crippen LogP contribution in [0.2, 0.25) is 0 Å². The van der Waals surface area contributed by atoms with E-state index in [1.54, 1.807) is 0 Å². The van der Waals surface area contributed by atoms with Gasteiger partial charge in [-0.25, -0.2) is 4.98 Å². The summed E-state index contributed by atoms with van der Waals surface area (Å²) in [7, 11) is 0. The summed E-state index contributed by atoms with van der Waals surface area (Å²) in [5.41, 5.74) is 4.93. The van der Waals surface area contributed by atoms with E-state index in [0.717, 1.165) is 30.7 Å². The van der Waals surface area contributed by atoms with E-state index in [9.17, 15) is 5.11 Å². The summed E-state index contributed by atoms with van der Waals surface area (Å²) in [4.78, 5) is 4.69. The number of fused-ring (bicyclic) bond motifs is 1. The molecule has 1 unspecified atom stereocenters. The van der Waals surface area contributed by atoms with Crippen LogP contribution in [-0.4, -0.2) is 14.7 Å². The Morgan fingerprint density at radius 3 is 1.72 bits per heavy atom. The molecule has 4 aromatic rings. The smallest absolute Gasteiger partial charge is 0.121 e. The molecule has 0 saturated heterocycles. The number of aliphatic hydroxyl groups excluding tert-OH is 1. The summed E-state index contributed by atoms with van der Waals surface area (Å²) in [6.45, 7) is 0. The maximum atomic E-state index is 10.6. The molecule has 5 rings (SSSR count). The van der Waals surface area contributed by atoms with Crippen molar-refractivity contribution in [1.29, 1.82) is 0 Å². The van der Waals surface area contributed by atoms with E-state index < -0.39 is 11.6 Å². The Morgan fingerprint density at radius 1 is 0.759 bits per heavy atom. The van der Waals surface area contributed by atoms with Crippen LogP contribution in [0.3, 0.4) is 0 Å². The largest absolute Gasteiger partial charge is 0.387 e. The molecule has 0 fully saturated rings. The summed E-state index contributed by atoms with van der Waals surface area (Å²) in [5, 5.41) is 10.6. The molecule has 0 saturated carbocycles. The predicted octanol–water partition coefficient (Wildman–Crippen LogP) is 5.09. The van der Waals surface area contributed by atoms with Crippen LogP contribution >= 0.6 is 0 Å². The quantitative estimate of drug-likeness (QED) is 0.501. The van der Waals surface area contributed by atoms with Gasteiger partial charge in [0, 0.05) is 5.69 Å². The third-order valence-corrected chi connectivity index (χ3v) is 6.04. The van der Waals surface area contributed by atoms with E-state index >= 15 is 0 Å². The van der Waals surface area contributed by atoms with Gasteiger partial charge in [-0.1, -0.05) is 91.0 Å². The minimum Gasteiger partial charge on any atom is -0.387 e. The van der Waals surface area contributed by atoms with Crippen molar-refractivity contribution < 1.29 is 5.11 Å². The van der Waals surface area contributed by atoms with Crippen molar-refractivity contribution >= 4 is 0 Å². The van der Waals surface area contributed by atoms with Crippen LogP contribution in [0.25, 0.3) is 0 Å². The highest BCUT2D eigenvalue weighted by molar-refractivity contribution is 5.51. The molecule has 0 bridgehead atoms. The number of nitrogens with zero attached hydrogens (tertiary/aromatic N) is 2. The van der Waals surface area contributed by atoms with Crippen molar-refractivity contribution in [2.45, 2.75) is 30.9 Å². The van der Waals surface area contributed by atoms with Gasteiger partial charge in [0.05, 0.1) is 18.1 Å². The van der Waals surface area contributed by atoms with Crippen molar-refractivity contribution in [3.63, 3.8) is 0 Å². The van der Waals surface area contributed by atoms with E-state index in [1.807, 2.05) is 6.33 Å². The fraction of sp³-hybridized carbons (Fsp3) is 0.192. The fourth-order valence-corrected chi connectivity index (χ4v) is 4.76. The number of imidazole rings is 1. The van der Waals surface area contributed by atoms with E-state index in [1.165, 1.54) is 16.7 Å². The van der Waals surface area contributed by atoms with Crippen molar-refractivity contribution in [1.82, 2.24) is 9.55 Å². The van der Waals surface area contributed by atoms with Crippen LogP contribution in [0.4, 0.5) is 0 Å². The Bertz CT molecular complexity index is 991. The van der Waals surface area contributed by atoms with Gasteiger partial charge in [0.15, 0.2) is 0 Å². The first kappa shape index (κ1) is 17.9. The normalized spacial score (nSPS) is 16.4. The molecule has 1 aliphatic rings. The van der Waals surface area contributed by atoms with Crippen molar-refractivity contribution in [3.05, 3.63) is 125 Å². The lowest BCUT2D eigenvalue weighted by Gasteiger charge is -2.39. The van der Waals surface area contributed by atoms with Crippen molar-refractivity contribution in [2.75, 3.05) is 0 Å². The molecule has 0 aliphatic heterocycles. The molecule has 0 radical (unpaired) electrons. The molecule has 3 heteroatoms. The first-order chi connectivity index (χ1) is 14.3. The molecule has 1 heterocycles. The second kappa shape index (κ2) is 7.34. The van der Waals surface area contributed by atoms with Crippen LogP contribution in [0, 0.1) is 0 Å². The summed E-state index contributed by atoms with van der Waals surface area (Å²) < 4.78 is 2.30. The van der Waals surface area contributed by atoms with Crippen LogP contribution in [0.5, 0.6) is 0 Å². The lowest BCUT2D eigenvalue weighted by Crippen LogP contribution is -2.39. The zero-order chi connectivity index (χ0) is 19.7. The number of benzene rings is 3. The number of aromatic nitrogens is 2. The van der Waals surface area contributed by atoms with Gasteiger partial charge in [0.25, 0.3) is 0 Å². The number of hydrogen-bond acceptors (Lipinski definition) is 2. The van der Waals surface area contributed by atoms with Crippen LogP contribution in [0.1, 0.15) is 47.0 Å². The fourth-order valence-electron chi connectivity index (χ4n) is 4.76. The van der Waals surface area contributed by atoms with Gasteiger partial charge >= 0.3 is 0 Å². The van der Waals surface area contributed by atoms with Crippen molar-refractivity contribution in [3.8, 4) is 0 Å². The van der Waals surface area contributed by atoms with Gasteiger partial charge in [-0.3, -0.25) is 0 Å². The highest BCUT2D eigenvalue weighted by Crippen LogP contribution is 2.43. The van der Waals surface area contributed by atoms with Crippen molar-refractivity contribution in [2.24, 2.45) is 0 Å². The van der Waals surface area contributed by atoms with Crippen LogP contribution < -0.4 is 0 Å². The lowest BCUT2D eigenvalue weighted by molar-refractivity contribution is 0.151. The molecule has 1 aromatic heterocycles. The van der Waals surface area contributed by atoms with E-state index in [0.29, 0.717) is 0 Å². The molecule has 3 nitrogen and oxygen atoms in total. The maximum absolute atomic E-state index is 10.6. The molecule has 1 N–H and O–H groups in total. The molecular weight excluding hydrogens is 356 g/mol. The summed E-state index contributed by atoms with van der Waals surface area (Å²) in [6, 6.07) is 31.8. The Hall–Kier alpha value is -3.17. The van der Waals surface area contributed by atoms with Gasteiger partial charge in [0.2, 0.25) is 0 Å². The minimum absolute atomic E-state index is 0.486. The Balaban J connectivity index is 1.90. The first-order valence-corrected chi connectivity index (χ1v) is 10.2. The average Bonchev–Trinajstić information content (AvgIpc) is 3.23. The SMILES string of the molecule is OC1CCCc2c1ncn2C(c1ccccc1)(c1ccccc1)c1ccccc1. The topological polar surface area (TPSA) is 38.1 Å². The number of aliphatic hydroxyl groups is 1. The van der Waals surface area contributed by atoms with Gasteiger partial charge in [-0.2, -0.15) is 0 Å². The Morgan fingerprint density at radius 2 is 1.24 bits per heavy atom. The van der Waals surface area contributed by atoms with Crippen LogP contribution in [0.15, 0.2) is 97.3 Å². The second-order valence-corrected chi connectivity index (χ2v) is 7.66. The predicted molar refractivity (Wildman–Crippen MR) is 115 cm³/mol. The van der Waals surface area contributed by atoms with E-state index in [4.69, 9.17) is 4.98 Å². The summed E-state index contributed by atoms with van der Waals surface area (Å²) >= 11 is 0. The van der Waals surface area contributed by atoms with Gasteiger partial charge < -0.3 is 9.67 Å². The van der Waals surface area contributed by atoms with Crippen LogP contribution in [-0.2, 0) is 12.0 Å². The maximum Gasteiger partial charge on any atom is 0.121 e. The third-order valence-electron chi connectivity index (χ3n) is 6.04. The average molecular weight is 380 g/mol. The van der Waals surface area contributed by atoms with Gasteiger partial charge in [-0.05, 0) is 36.0 Å². The van der Waals surface area contributed by atoms with Gasteiger partial charge in [0.1, 0.15) is 5.54 Å². The Kier molecular flexibility index (Phi) is 4.53. The molecule has 0 amide bonds. The summed E-state index contributed by atoms with van der Waals surface area (Å²) in [5.74, 6) is 0.